The monoisotopic (exact) mass is 222 g/mol. The van der Waals surface area contributed by atoms with Gasteiger partial charge < -0.3 is 4.52 Å². The van der Waals surface area contributed by atoms with Crippen LogP contribution in [-0.2, 0) is 4.79 Å². The Bertz CT molecular complexity index is 373. The number of aryl methyl sites for hydroxylation is 1. The second-order valence-electron chi connectivity index (χ2n) is 4.69. The lowest BCUT2D eigenvalue weighted by atomic mass is 9.80. The minimum Gasteiger partial charge on any atom is -0.338 e. The zero-order valence-corrected chi connectivity index (χ0v) is 9.82. The number of rotatable bonds is 2. The van der Waals surface area contributed by atoms with E-state index in [1.165, 1.54) is 6.42 Å². The molecule has 88 valence electrons. The van der Waals surface area contributed by atoms with Crippen molar-refractivity contribution in [2.24, 2.45) is 11.8 Å². The van der Waals surface area contributed by atoms with Crippen LogP contribution in [0.4, 0.5) is 5.88 Å². The van der Waals surface area contributed by atoms with E-state index in [0.717, 1.165) is 25.0 Å². The smallest absolute Gasteiger partial charge is 0.231 e. The van der Waals surface area contributed by atoms with E-state index >= 15 is 0 Å². The molecule has 2 unspecified atom stereocenters. The molecular weight excluding hydrogens is 204 g/mol. The summed E-state index contributed by atoms with van der Waals surface area (Å²) in [5.41, 5.74) is 0.784. The minimum atomic E-state index is 0.0725. The van der Waals surface area contributed by atoms with Gasteiger partial charge in [-0.1, -0.05) is 24.9 Å². The van der Waals surface area contributed by atoms with Gasteiger partial charge in [0.2, 0.25) is 11.8 Å². The fraction of sp³-hybridized carbons (Fsp3) is 0.667. The third-order valence-corrected chi connectivity index (χ3v) is 3.32. The molecule has 1 heterocycles. The Balaban J connectivity index is 1.96. The zero-order chi connectivity index (χ0) is 11.5. The molecule has 0 spiro atoms. The van der Waals surface area contributed by atoms with Crippen LogP contribution in [-0.4, -0.2) is 11.1 Å². The molecule has 1 aromatic rings. The van der Waals surface area contributed by atoms with Gasteiger partial charge in [-0.25, -0.2) is 0 Å². The quantitative estimate of drug-likeness (QED) is 0.837. The maximum Gasteiger partial charge on any atom is 0.231 e. The maximum absolute atomic E-state index is 12.0. The Morgan fingerprint density at radius 1 is 1.50 bits per heavy atom. The second-order valence-corrected chi connectivity index (χ2v) is 4.69. The maximum atomic E-state index is 12.0. The summed E-state index contributed by atoms with van der Waals surface area (Å²) >= 11 is 0. The van der Waals surface area contributed by atoms with Crippen LogP contribution in [0.3, 0.4) is 0 Å². The lowest BCUT2D eigenvalue weighted by molar-refractivity contribution is -0.122. The second kappa shape index (κ2) is 4.68. The summed E-state index contributed by atoms with van der Waals surface area (Å²) in [6.07, 6.45) is 4.53. The van der Waals surface area contributed by atoms with Crippen molar-refractivity contribution in [1.82, 2.24) is 5.16 Å². The molecule has 1 fully saturated rings. The van der Waals surface area contributed by atoms with Crippen LogP contribution < -0.4 is 5.32 Å². The molecule has 2 rings (SSSR count). The number of hydrogen-bond acceptors (Lipinski definition) is 3. The normalized spacial score (nSPS) is 25.4. The summed E-state index contributed by atoms with van der Waals surface area (Å²) in [5, 5.41) is 6.54. The molecule has 0 aromatic carbocycles. The first-order valence-corrected chi connectivity index (χ1v) is 5.91. The average Bonchev–Trinajstić information content (AvgIpc) is 2.64. The van der Waals surface area contributed by atoms with Gasteiger partial charge in [-0.3, -0.25) is 10.1 Å². The Morgan fingerprint density at radius 3 is 2.88 bits per heavy atom. The van der Waals surface area contributed by atoms with Gasteiger partial charge in [0.15, 0.2) is 0 Å². The Kier molecular flexibility index (Phi) is 3.27. The van der Waals surface area contributed by atoms with E-state index in [1.54, 1.807) is 6.07 Å². The van der Waals surface area contributed by atoms with E-state index < -0.39 is 0 Å². The van der Waals surface area contributed by atoms with Gasteiger partial charge >= 0.3 is 0 Å². The lowest BCUT2D eigenvalue weighted by Gasteiger charge is -2.26. The lowest BCUT2D eigenvalue weighted by Crippen LogP contribution is -2.30. The van der Waals surface area contributed by atoms with Gasteiger partial charge in [-0.2, -0.15) is 0 Å². The van der Waals surface area contributed by atoms with E-state index in [-0.39, 0.29) is 11.8 Å². The molecule has 4 nitrogen and oxygen atoms in total. The first-order chi connectivity index (χ1) is 7.66. The highest BCUT2D eigenvalue weighted by Crippen LogP contribution is 2.30. The number of carbonyl (C=O) groups is 1. The van der Waals surface area contributed by atoms with Gasteiger partial charge in [0.25, 0.3) is 0 Å². The molecular formula is C12H18N2O2. The molecule has 1 saturated carbocycles. The predicted molar refractivity (Wildman–Crippen MR) is 61.0 cm³/mol. The summed E-state index contributed by atoms with van der Waals surface area (Å²) in [5.74, 6) is 1.13. The topological polar surface area (TPSA) is 55.1 Å². The molecule has 0 bridgehead atoms. The summed E-state index contributed by atoms with van der Waals surface area (Å²) in [7, 11) is 0. The molecule has 1 aliphatic carbocycles. The fourth-order valence-electron chi connectivity index (χ4n) is 2.34. The van der Waals surface area contributed by atoms with E-state index in [4.69, 9.17) is 4.52 Å². The van der Waals surface area contributed by atoms with Crippen molar-refractivity contribution < 1.29 is 9.32 Å². The third-order valence-electron chi connectivity index (χ3n) is 3.32. The van der Waals surface area contributed by atoms with Crippen LogP contribution in [0.25, 0.3) is 0 Å². The molecule has 16 heavy (non-hydrogen) atoms. The number of nitrogens with one attached hydrogen (secondary N) is 1. The Morgan fingerprint density at radius 2 is 2.25 bits per heavy atom. The molecule has 0 saturated heterocycles. The summed E-state index contributed by atoms with van der Waals surface area (Å²) in [4.78, 5) is 12.0. The van der Waals surface area contributed by atoms with Crippen LogP contribution in [0.1, 0.15) is 38.3 Å². The first kappa shape index (κ1) is 11.2. The van der Waals surface area contributed by atoms with E-state index in [0.29, 0.717) is 11.8 Å². The molecule has 4 heteroatoms. The summed E-state index contributed by atoms with van der Waals surface area (Å²) in [6.45, 7) is 3.98. The molecule has 1 aromatic heterocycles. The van der Waals surface area contributed by atoms with Crippen LogP contribution in [0.5, 0.6) is 0 Å². The van der Waals surface area contributed by atoms with Gasteiger partial charge in [-0.05, 0) is 25.7 Å². The highest BCUT2D eigenvalue weighted by atomic mass is 16.5. The highest BCUT2D eigenvalue weighted by Gasteiger charge is 2.28. The van der Waals surface area contributed by atoms with E-state index in [9.17, 15) is 4.79 Å². The number of hydrogen-bond donors (Lipinski definition) is 1. The van der Waals surface area contributed by atoms with E-state index in [1.807, 2.05) is 6.92 Å². The van der Waals surface area contributed by atoms with E-state index in [2.05, 4.69) is 17.4 Å². The predicted octanol–water partition coefficient (Wildman–Crippen LogP) is 2.75. The number of aromatic nitrogens is 1. The Hall–Kier alpha value is -1.32. The first-order valence-electron chi connectivity index (χ1n) is 5.91. The summed E-state index contributed by atoms with van der Waals surface area (Å²) in [6, 6.07) is 1.74. The Labute approximate surface area is 95.4 Å². The van der Waals surface area contributed by atoms with Crippen molar-refractivity contribution in [3.05, 3.63) is 11.8 Å². The van der Waals surface area contributed by atoms with Crippen LogP contribution in [0.15, 0.2) is 10.6 Å². The number of amides is 1. The summed E-state index contributed by atoms with van der Waals surface area (Å²) < 4.78 is 4.98. The van der Waals surface area contributed by atoms with Crippen LogP contribution >= 0.6 is 0 Å². The molecule has 1 amide bonds. The van der Waals surface area contributed by atoms with Gasteiger partial charge in [-0.15, -0.1) is 0 Å². The molecule has 0 aliphatic heterocycles. The molecule has 1 N–H and O–H groups in total. The van der Waals surface area contributed by atoms with Gasteiger partial charge in [0.1, 0.15) is 0 Å². The van der Waals surface area contributed by atoms with Gasteiger partial charge in [0.05, 0.1) is 5.69 Å². The number of carbonyl (C=O) groups excluding carboxylic acids is 1. The van der Waals surface area contributed by atoms with Crippen molar-refractivity contribution in [1.29, 1.82) is 0 Å². The zero-order valence-electron chi connectivity index (χ0n) is 9.82. The molecule has 2 atom stereocenters. The highest BCUT2D eigenvalue weighted by molar-refractivity contribution is 5.91. The van der Waals surface area contributed by atoms with Crippen molar-refractivity contribution in [3.63, 3.8) is 0 Å². The largest absolute Gasteiger partial charge is 0.338 e. The number of nitrogens with zero attached hydrogens (tertiary/aromatic N) is 1. The number of anilines is 1. The fourth-order valence-corrected chi connectivity index (χ4v) is 2.34. The van der Waals surface area contributed by atoms with Crippen molar-refractivity contribution in [2.75, 3.05) is 5.32 Å². The minimum absolute atomic E-state index is 0.0725. The van der Waals surface area contributed by atoms with Crippen molar-refractivity contribution in [3.8, 4) is 0 Å². The SMILES string of the molecule is Cc1cc(NC(=O)C2CCCCC2C)on1. The van der Waals surface area contributed by atoms with Crippen molar-refractivity contribution in [2.45, 2.75) is 39.5 Å². The van der Waals surface area contributed by atoms with Crippen molar-refractivity contribution >= 4 is 11.8 Å². The van der Waals surface area contributed by atoms with Crippen LogP contribution in [0, 0.1) is 18.8 Å². The average molecular weight is 222 g/mol. The van der Waals surface area contributed by atoms with Crippen LogP contribution in [0.2, 0.25) is 0 Å². The third kappa shape index (κ3) is 2.43. The van der Waals surface area contributed by atoms with Gasteiger partial charge in [0, 0.05) is 12.0 Å². The standard InChI is InChI=1S/C12H18N2O2/c1-8-5-3-4-6-10(8)12(15)13-11-7-9(2)14-16-11/h7-8,10H,3-6H2,1-2H3,(H,13,15). The molecule has 0 radical (unpaired) electrons. The molecule has 1 aliphatic rings.